The third kappa shape index (κ3) is 5.39. The van der Waals surface area contributed by atoms with Gasteiger partial charge >= 0.3 is 0 Å². The monoisotopic (exact) mass is 383 g/mol. The van der Waals surface area contributed by atoms with E-state index in [9.17, 15) is 9.59 Å². The molecule has 3 aromatic rings. The molecule has 0 fully saturated rings. The summed E-state index contributed by atoms with van der Waals surface area (Å²) in [6.07, 6.45) is 7.06. The summed E-state index contributed by atoms with van der Waals surface area (Å²) in [6.45, 7) is 0.631. The van der Waals surface area contributed by atoms with Crippen LogP contribution >= 0.6 is 11.6 Å². The van der Waals surface area contributed by atoms with Gasteiger partial charge in [0, 0.05) is 48.7 Å². The third-order valence-electron chi connectivity index (χ3n) is 3.81. The normalized spacial score (nSPS) is 10.4. The van der Waals surface area contributed by atoms with Crippen LogP contribution in [0.2, 0.25) is 5.02 Å². The summed E-state index contributed by atoms with van der Waals surface area (Å²) in [5, 5.41) is 6.08. The first kappa shape index (κ1) is 18.6. The Hall–Kier alpha value is -3.19. The standard InChI is InChI=1S/C19H18ClN5O2/c20-16-4-2-15(3-5-16)19(27)22-8-7-18(26)24-12-14-1-6-17(23-11-14)25-10-9-21-13-25/h1-6,9-11,13H,7-8,12H2,(H,22,27)(H,24,26). The van der Waals surface area contributed by atoms with Crippen LogP contribution in [0.5, 0.6) is 0 Å². The van der Waals surface area contributed by atoms with Gasteiger partial charge in [0.1, 0.15) is 12.1 Å². The molecule has 0 atom stereocenters. The highest BCUT2D eigenvalue weighted by molar-refractivity contribution is 6.30. The average Bonchev–Trinajstić information content (AvgIpc) is 3.22. The molecule has 1 aromatic carbocycles. The molecule has 2 aromatic heterocycles. The van der Waals surface area contributed by atoms with E-state index >= 15 is 0 Å². The van der Waals surface area contributed by atoms with E-state index in [2.05, 4.69) is 20.6 Å². The second-order valence-corrected chi connectivity index (χ2v) is 6.22. The number of halogens is 1. The first-order chi connectivity index (χ1) is 13.1. The zero-order valence-electron chi connectivity index (χ0n) is 14.4. The van der Waals surface area contributed by atoms with Crippen molar-refractivity contribution in [1.29, 1.82) is 0 Å². The molecule has 27 heavy (non-hydrogen) atoms. The number of hydrogen-bond donors (Lipinski definition) is 2. The molecule has 7 nitrogen and oxygen atoms in total. The molecule has 2 amide bonds. The smallest absolute Gasteiger partial charge is 0.251 e. The second-order valence-electron chi connectivity index (χ2n) is 5.78. The number of amides is 2. The van der Waals surface area contributed by atoms with Gasteiger partial charge in [0.2, 0.25) is 5.91 Å². The molecule has 0 radical (unpaired) electrons. The van der Waals surface area contributed by atoms with Crippen LogP contribution in [0.3, 0.4) is 0 Å². The van der Waals surface area contributed by atoms with Crippen LogP contribution in [0.1, 0.15) is 22.3 Å². The maximum Gasteiger partial charge on any atom is 0.251 e. The highest BCUT2D eigenvalue weighted by Gasteiger charge is 2.07. The predicted octanol–water partition coefficient (Wildman–Crippen LogP) is 2.36. The van der Waals surface area contributed by atoms with Gasteiger partial charge in [0.15, 0.2) is 0 Å². The Balaban J connectivity index is 1.39. The van der Waals surface area contributed by atoms with Crippen LogP contribution < -0.4 is 10.6 Å². The van der Waals surface area contributed by atoms with Crippen molar-refractivity contribution >= 4 is 23.4 Å². The van der Waals surface area contributed by atoms with Crippen LogP contribution in [0, 0.1) is 0 Å². The number of imidazole rings is 1. The van der Waals surface area contributed by atoms with Crippen LogP contribution in [-0.2, 0) is 11.3 Å². The van der Waals surface area contributed by atoms with E-state index in [0.29, 0.717) is 17.1 Å². The maximum absolute atomic E-state index is 11.9. The topological polar surface area (TPSA) is 88.9 Å². The van der Waals surface area contributed by atoms with E-state index in [1.165, 1.54) is 0 Å². The van der Waals surface area contributed by atoms with E-state index < -0.39 is 0 Å². The van der Waals surface area contributed by atoms with Gasteiger partial charge < -0.3 is 10.6 Å². The fourth-order valence-electron chi connectivity index (χ4n) is 2.35. The maximum atomic E-state index is 11.9. The van der Waals surface area contributed by atoms with Crippen LogP contribution in [0.25, 0.3) is 5.82 Å². The summed E-state index contributed by atoms with van der Waals surface area (Å²) >= 11 is 5.79. The summed E-state index contributed by atoms with van der Waals surface area (Å²) < 4.78 is 1.80. The van der Waals surface area contributed by atoms with Crippen molar-refractivity contribution < 1.29 is 9.59 Å². The molecule has 0 aliphatic carbocycles. The van der Waals surface area contributed by atoms with Crippen molar-refractivity contribution in [2.24, 2.45) is 0 Å². The number of carbonyl (C=O) groups excluding carboxylic acids is 2. The predicted molar refractivity (Wildman–Crippen MR) is 102 cm³/mol. The Morgan fingerprint density at radius 3 is 2.56 bits per heavy atom. The number of nitrogens with zero attached hydrogens (tertiary/aromatic N) is 3. The molecule has 138 valence electrons. The Labute approximate surface area is 161 Å². The zero-order valence-corrected chi connectivity index (χ0v) is 15.2. The third-order valence-corrected chi connectivity index (χ3v) is 4.06. The molecular formula is C19H18ClN5O2. The number of carbonyl (C=O) groups is 2. The number of hydrogen-bond acceptors (Lipinski definition) is 4. The lowest BCUT2D eigenvalue weighted by Gasteiger charge is -2.08. The summed E-state index contributed by atoms with van der Waals surface area (Å²) in [5.41, 5.74) is 1.39. The quantitative estimate of drug-likeness (QED) is 0.655. The number of benzene rings is 1. The van der Waals surface area contributed by atoms with Gasteiger partial charge in [0.05, 0.1) is 0 Å². The number of pyridine rings is 1. The van der Waals surface area contributed by atoms with Crippen molar-refractivity contribution in [3.05, 3.63) is 77.5 Å². The fraction of sp³-hybridized carbons (Fsp3) is 0.158. The summed E-state index contributed by atoms with van der Waals surface area (Å²) in [4.78, 5) is 32.2. The molecular weight excluding hydrogens is 366 g/mol. The molecule has 0 unspecified atom stereocenters. The number of rotatable bonds is 7. The fourth-order valence-corrected chi connectivity index (χ4v) is 2.48. The van der Waals surface area contributed by atoms with Crippen molar-refractivity contribution in [2.75, 3.05) is 6.54 Å². The lowest BCUT2D eigenvalue weighted by molar-refractivity contribution is -0.121. The average molecular weight is 384 g/mol. The van der Waals surface area contributed by atoms with Crippen LogP contribution in [0.15, 0.2) is 61.3 Å². The molecule has 8 heteroatoms. The van der Waals surface area contributed by atoms with E-state index in [1.54, 1.807) is 47.6 Å². The van der Waals surface area contributed by atoms with Gasteiger partial charge in [0.25, 0.3) is 5.91 Å². The van der Waals surface area contributed by atoms with E-state index in [0.717, 1.165) is 11.4 Å². The molecule has 0 saturated carbocycles. The lowest BCUT2D eigenvalue weighted by Crippen LogP contribution is -2.30. The Kier molecular flexibility index (Phi) is 6.17. The minimum Gasteiger partial charge on any atom is -0.352 e. The van der Waals surface area contributed by atoms with Crippen molar-refractivity contribution in [1.82, 2.24) is 25.2 Å². The molecule has 3 rings (SSSR count). The summed E-state index contributed by atoms with van der Waals surface area (Å²) in [5.74, 6) is 0.372. The SMILES string of the molecule is O=C(CCNC(=O)c1ccc(Cl)cc1)NCc1ccc(-n2ccnc2)nc1. The molecule has 0 aliphatic rings. The molecule has 0 aliphatic heterocycles. The number of nitrogens with one attached hydrogen (secondary N) is 2. The van der Waals surface area contributed by atoms with Crippen LogP contribution in [0.4, 0.5) is 0 Å². The van der Waals surface area contributed by atoms with Gasteiger partial charge in [-0.05, 0) is 35.9 Å². The first-order valence-corrected chi connectivity index (χ1v) is 8.73. The highest BCUT2D eigenvalue weighted by Crippen LogP contribution is 2.09. The largest absolute Gasteiger partial charge is 0.352 e. The Morgan fingerprint density at radius 2 is 1.89 bits per heavy atom. The molecule has 0 saturated heterocycles. The van der Waals surface area contributed by atoms with Crippen LogP contribution in [-0.4, -0.2) is 32.9 Å². The molecule has 0 bridgehead atoms. The Bertz CT molecular complexity index is 893. The minimum absolute atomic E-state index is 0.148. The van der Waals surface area contributed by atoms with Crippen molar-refractivity contribution in [2.45, 2.75) is 13.0 Å². The zero-order chi connectivity index (χ0) is 19.1. The summed E-state index contributed by atoms with van der Waals surface area (Å²) in [7, 11) is 0. The van der Waals surface area contributed by atoms with E-state index in [-0.39, 0.29) is 24.8 Å². The van der Waals surface area contributed by atoms with Gasteiger partial charge in [-0.15, -0.1) is 0 Å². The van der Waals surface area contributed by atoms with E-state index in [1.807, 2.05) is 18.3 Å². The first-order valence-electron chi connectivity index (χ1n) is 8.35. The lowest BCUT2D eigenvalue weighted by atomic mass is 10.2. The van der Waals surface area contributed by atoms with Crippen molar-refractivity contribution in [3.8, 4) is 5.82 Å². The highest BCUT2D eigenvalue weighted by atomic mass is 35.5. The number of aromatic nitrogens is 3. The van der Waals surface area contributed by atoms with Crippen molar-refractivity contribution in [3.63, 3.8) is 0 Å². The minimum atomic E-state index is -0.237. The molecule has 2 heterocycles. The Morgan fingerprint density at radius 1 is 1.07 bits per heavy atom. The molecule has 2 N–H and O–H groups in total. The molecule has 0 spiro atoms. The van der Waals surface area contributed by atoms with Gasteiger partial charge in [-0.3, -0.25) is 14.2 Å². The van der Waals surface area contributed by atoms with Gasteiger partial charge in [-0.25, -0.2) is 9.97 Å². The van der Waals surface area contributed by atoms with Gasteiger partial charge in [-0.2, -0.15) is 0 Å². The van der Waals surface area contributed by atoms with E-state index in [4.69, 9.17) is 11.6 Å². The van der Waals surface area contributed by atoms with Gasteiger partial charge in [-0.1, -0.05) is 17.7 Å². The second kappa shape index (κ2) is 8.95. The summed E-state index contributed by atoms with van der Waals surface area (Å²) in [6, 6.07) is 10.3.